The zero-order chi connectivity index (χ0) is 15.0. The van der Waals surface area contributed by atoms with Gasteiger partial charge < -0.3 is 9.84 Å². The maximum atomic E-state index is 10.7. The molecule has 0 fully saturated rings. The largest absolute Gasteiger partial charge is 0.496 e. The quantitative estimate of drug-likeness (QED) is 0.774. The molecule has 0 radical (unpaired) electrons. The highest BCUT2D eigenvalue weighted by atomic mass is 16.5. The van der Waals surface area contributed by atoms with Crippen molar-refractivity contribution in [1.82, 2.24) is 0 Å². The number of unbranched alkanes of at least 4 members (excludes halogenated alkanes) is 1. The van der Waals surface area contributed by atoms with Crippen molar-refractivity contribution in [3.05, 3.63) is 34.9 Å². The third-order valence-corrected chi connectivity index (χ3v) is 3.09. The average molecular weight is 273 g/mol. The first kappa shape index (κ1) is 15.8. The van der Waals surface area contributed by atoms with E-state index in [1.165, 1.54) is 0 Å². The first-order chi connectivity index (χ1) is 9.63. The molecule has 0 saturated heterocycles. The van der Waals surface area contributed by atoms with E-state index in [-0.39, 0.29) is 6.42 Å². The van der Waals surface area contributed by atoms with Gasteiger partial charge in [-0.15, -0.1) is 0 Å². The van der Waals surface area contributed by atoms with Crippen LogP contribution in [0.5, 0.6) is 5.75 Å². The van der Waals surface area contributed by atoms with Crippen LogP contribution < -0.4 is 4.74 Å². The summed E-state index contributed by atoms with van der Waals surface area (Å²) in [5.41, 5.74) is 2.70. The number of nitrogens with zero attached hydrogens (tertiary/aromatic N) is 1. The van der Waals surface area contributed by atoms with Crippen LogP contribution in [-0.2, 0) is 17.6 Å². The minimum absolute atomic E-state index is 0.261. The molecule has 1 aromatic carbocycles. The average Bonchev–Trinajstić information content (AvgIpc) is 2.44. The van der Waals surface area contributed by atoms with Gasteiger partial charge in [0.05, 0.1) is 19.6 Å². The van der Waals surface area contributed by atoms with E-state index in [1.807, 2.05) is 6.07 Å². The van der Waals surface area contributed by atoms with Crippen LogP contribution in [-0.4, -0.2) is 18.2 Å². The molecular weight excluding hydrogens is 254 g/mol. The van der Waals surface area contributed by atoms with Gasteiger partial charge in [0.2, 0.25) is 0 Å². The Morgan fingerprint density at radius 3 is 2.75 bits per heavy atom. The summed E-state index contributed by atoms with van der Waals surface area (Å²) in [6.07, 6.45) is 5.78. The minimum atomic E-state index is -0.982. The zero-order valence-electron chi connectivity index (χ0n) is 11.8. The molecule has 0 aromatic heterocycles. The van der Waals surface area contributed by atoms with Crippen molar-refractivity contribution < 1.29 is 14.6 Å². The molecule has 0 amide bonds. The molecule has 0 atom stereocenters. The lowest BCUT2D eigenvalue weighted by atomic mass is 9.93. The first-order valence-corrected chi connectivity index (χ1v) is 6.60. The Hall–Kier alpha value is -2.28. The molecule has 1 rings (SSSR count). The monoisotopic (exact) mass is 273 g/mol. The van der Waals surface area contributed by atoms with Crippen LogP contribution >= 0.6 is 0 Å². The number of ether oxygens (including phenoxy) is 1. The normalized spacial score (nSPS) is 10.4. The molecule has 1 N–H and O–H groups in total. The maximum Gasteiger partial charge on any atom is 0.328 e. The highest BCUT2D eigenvalue weighted by molar-refractivity contribution is 5.85. The summed E-state index contributed by atoms with van der Waals surface area (Å²) in [6, 6.07) is 5.77. The molecule has 20 heavy (non-hydrogen) atoms. The van der Waals surface area contributed by atoms with Crippen LogP contribution in [0.3, 0.4) is 0 Å². The summed E-state index contributed by atoms with van der Waals surface area (Å²) < 4.78 is 5.31. The number of hydrogen-bond acceptors (Lipinski definition) is 3. The van der Waals surface area contributed by atoms with Crippen molar-refractivity contribution in [2.45, 2.75) is 32.6 Å². The van der Waals surface area contributed by atoms with Crippen molar-refractivity contribution in [2.24, 2.45) is 0 Å². The fourth-order valence-electron chi connectivity index (χ4n) is 2.12. The number of benzene rings is 1. The summed E-state index contributed by atoms with van der Waals surface area (Å²) >= 11 is 0. The second kappa shape index (κ2) is 8.00. The molecule has 4 heteroatoms. The summed E-state index contributed by atoms with van der Waals surface area (Å²) in [7, 11) is 1.58. The Kier molecular flexibility index (Phi) is 6.31. The van der Waals surface area contributed by atoms with E-state index in [0.717, 1.165) is 42.0 Å². The number of carboxylic acid groups (broad SMARTS) is 1. The van der Waals surface area contributed by atoms with E-state index < -0.39 is 5.97 Å². The zero-order valence-corrected chi connectivity index (χ0v) is 11.8. The Morgan fingerprint density at radius 2 is 2.20 bits per heavy atom. The van der Waals surface area contributed by atoms with Gasteiger partial charge >= 0.3 is 5.97 Å². The van der Waals surface area contributed by atoms with E-state index >= 15 is 0 Å². The standard InChI is InChI=1S/C16H19NO3/c1-3-4-5-13-12(7-9-16(18)19)6-8-15(20-2)14(13)10-11-17/h6-9H,3-5,10H2,1-2H3,(H,18,19)/b9-7+. The number of methoxy groups -OCH3 is 1. The molecular formula is C16H19NO3. The number of rotatable bonds is 7. The lowest BCUT2D eigenvalue weighted by Gasteiger charge is -2.14. The molecule has 0 aliphatic rings. The van der Waals surface area contributed by atoms with Crippen molar-refractivity contribution in [1.29, 1.82) is 5.26 Å². The molecule has 1 aromatic rings. The lowest BCUT2D eigenvalue weighted by molar-refractivity contribution is -0.131. The van der Waals surface area contributed by atoms with Gasteiger partial charge in [0, 0.05) is 11.6 Å². The van der Waals surface area contributed by atoms with Crippen molar-refractivity contribution in [2.75, 3.05) is 7.11 Å². The molecule has 0 saturated carbocycles. The van der Waals surface area contributed by atoms with Crippen molar-refractivity contribution >= 4 is 12.0 Å². The Balaban J connectivity index is 3.31. The van der Waals surface area contributed by atoms with Gasteiger partial charge in [0.15, 0.2) is 0 Å². The van der Waals surface area contributed by atoms with Gasteiger partial charge in [0.1, 0.15) is 5.75 Å². The van der Waals surface area contributed by atoms with E-state index in [4.69, 9.17) is 15.1 Å². The third kappa shape index (κ3) is 4.13. The maximum absolute atomic E-state index is 10.7. The summed E-state index contributed by atoms with van der Waals surface area (Å²) in [4.78, 5) is 10.7. The van der Waals surface area contributed by atoms with Crippen LogP contribution in [0.4, 0.5) is 0 Å². The van der Waals surface area contributed by atoms with E-state index in [1.54, 1.807) is 19.3 Å². The van der Waals surface area contributed by atoms with E-state index in [0.29, 0.717) is 5.75 Å². The van der Waals surface area contributed by atoms with Crippen LogP contribution in [0.25, 0.3) is 6.08 Å². The van der Waals surface area contributed by atoms with Crippen molar-refractivity contribution in [3.8, 4) is 11.8 Å². The van der Waals surface area contributed by atoms with Gasteiger partial charge in [0.25, 0.3) is 0 Å². The van der Waals surface area contributed by atoms with Gasteiger partial charge in [-0.25, -0.2) is 4.79 Å². The number of carboxylic acids is 1. The highest BCUT2D eigenvalue weighted by Crippen LogP contribution is 2.28. The SMILES string of the molecule is CCCCc1c(/C=C/C(=O)O)ccc(OC)c1CC#N. The Labute approximate surface area is 119 Å². The fraction of sp³-hybridized carbons (Fsp3) is 0.375. The predicted molar refractivity (Wildman–Crippen MR) is 77.6 cm³/mol. The predicted octanol–water partition coefficient (Wildman–Crippen LogP) is 3.20. The van der Waals surface area contributed by atoms with E-state index in [9.17, 15) is 4.79 Å². The van der Waals surface area contributed by atoms with Gasteiger partial charge in [-0.05, 0) is 36.1 Å². The molecule has 4 nitrogen and oxygen atoms in total. The lowest BCUT2D eigenvalue weighted by Crippen LogP contribution is -2.01. The number of nitriles is 1. The molecule has 0 bridgehead atoms. The number of hydrogen-bond donors (Lipinski definition) is 1. The molecule has 0 spiro atoms. The summed E-state index contributed by atoms with van der Waals surface area (Å²) in [5, 5.41) is 17.7. The Bertz CT molecular complexity index is 541. The first-order valence-electron chi connectivity index (χ1n) is 6.60. The summed E-state index contributed by atoms with van der Waals surface area (Å²) in [5.74, 6) is -0.297. The van der Waals surface area contributed by atoms with Gasteiger partial charge in [-0.3, -0.25) is 0 Å². The summed E-state index contributed by atoms with van der Waals surface area (Å²) in [6.45, 7) is 2.09. The van der Waals surface area contributed by atoms with Gasteiger partial charge in [-0.2, -0.15) is 5.26 Å². The molecule has 0 aliphatic carbocycles. The molecule has 0 unspecified atom stereocenters. The molecule has 0 aliphatic heterocycles. The van der Waals surface area contributed by atoms with E-state index in [2.05, 4.69) is 13.0 Å². The van der Waals surface area contributed by atoms with Crippen LogP contribution in [0.2, 0.25) is 0 Å². The molecule has 106 valence electrons. The van der Waals surface area contributed by atoms with Gasteiger partial charge in [-0.1, -0.05) is 19.4 Å². The number of aliphatic carboxylic acids is 1. The fourth-order valence-corrected chi connectivity index (χ4v) is 2.12. The molecule has 0 heterocycles. The van der Waals surface area contributed by atoms with Crippen LogP contribution in [0.15, 0.2) is 18.2 Å². The third-order valence-electron chi connectivity index (χ3n) is 3.09. The second-order valence-corrected chi connectivity index (χ2v) is 4.42. The minimum Gasteiger partial charge on any atom is -0.496 e. The van der Waals surface area contributed by atoms with Crippen LogP contribution in [0.1, 0.15) is 36.5 Å². The topological polar surface area (TPSA) is 70.3 Å². The number of carbonyl (C=O) groups is 1. The Morgan fingerprint density at radius 1 is 1.45 bits per heavy atom. The second-order valence-electron chi connectivity index (χ2n) is 4.42. The van der Waals surface area contributed by atoms with Crippen LogP contribution in [0, 0.1) is 11.3 Å². The smallest absolute Gasteiger partial charge is 0.328 e. The van der Waals surface area contributed by atoms with Crippen molar-refractivity contribution in [3.63, 3.8) is 0 Å². The highest BCUT2D eigenvalue weighted by Gasteiger charge is 2.12.